The van der Waals surface area contributed by atoms with Gasteiger partial charge in [0, 0.05) is 10.9 Å². The smallest absolute Gasteiger partial charge is 0.251 e. The Morgan fingerprint density at radius 1 is 1.11 bits per heavy atom. The van der Waals surface area contributed by atoms with Crippen LogP contribution in [0.15, 0.2) is 24.3 Å². The number of hydrogen-bond acceptors (Lipinski definition) is 4. The Morgan fingerprint density at radius 2 is 1.93 bits per heavy atom. The quantitative estimate of drug-likeness (QED) is 0.740. The summed E-state index contributed by atoms with van der Waals surface area (Å²) in [7, 11) is 0. The number of thiophene rings is 1. The van der Waals surface area contributed by atoms with Crippen molar-refractivity contribution in [2.24, 2.45) is 5.73 Å². The summed E-state index contributed by atoms with van der Waals surface area (Å²) in [6, 6.07) is 8.63. The van der Waals surface area contributed by atoms with Crippen LogP contribution < -0.4 is 16.4 Å². The number of carbonyl (C=O) groups excluding carboxylic acids is 2. The zero-order chi connectivity index (χ0) is 18.8. The number of aryl methyl sites for hydroxylation is 2. The summed E-state index contributed by atoms with van der Waals surface area (Å²) in [5, 5.41) is 6.93. The van der Waals surface area contributed by atoms with Crippen molar-refractivity contribution in [3.8, 4) is 0 Å². The van der Waals surface area contributed by atoms with Gasteiger partial charge in [-0.05, 0) is 61.6 Å². The maximum Gasteiger partial charge on any atom is 0.251 e. The number of amides is 2. The van der Waals surface area contributed by atoms with E-state index in [9.17, 15) is 9.59 Å². The largest absolute Gasteiger partial charge is 0.365 e. The molecule has 0 saturated heterocycles. The van der Waals surface area contributed by atoms with E-state index in [-0.39, 0.29) is 18.5 Å². The summed E-state index contributed by atoms with van der Waals surface area (Å²) >= 11 is 1.51. The van der Waals surface area contributed by atoms with Crippen LogP contribution in [0.5, 0.6) is 0 Å². The van der Waals surface area contributed by atoms with Crippen LogP contribution in [0.25, 0.3) is 0 Å². The fourth-order valence-electron chi connectivity index (χ4n) is 4.27. The van der Waals surface area contributed by atoms with Crippen LogP contribution in [0, 0.1) is 0 Å². The van der Waals surface area contributed by atoms with E-state index < -0.39 is 5.91 Å². The SMILES string of the molecule is NC(=O)c1c(NC(=O)CNC2CCCc3ccccc32)sc2c1CCCC2. The Bertz CT molecular complexity index is 874. The summed E-state index contributed by atoms with van der Waals surface area (Å²) in [5.74, 6) is -0.571. The zero-order valence-electron chi connectivity index (χ0n) is 15.3. The molecule has 2 aliphatic carbocycles. The molecule has 1 unspecified atom stereocenters. The molecular weight excluding hydrogens is 358 g/mol. The Kier molecular flexibility index (Phi) is 5.27. The third kappa shape index (κ3) is 3.77. The first-order chi connectivity index (χ1) is 13.1. The van der Waals surface area contributed by atoms with Crippen LogP contribution >= 0.6 is 11.3 Å². The molecular formula is C21H25N3O2S. The molecule has 2 aliphatic rings. The van der Waals surface area contributed by atoms with Gasteiger partial charge in [0.25, 0.3) is 5.91 Å². The van der Waals surface area contributed by atoms with Gasteiger partial charge in [0.1, 0.15) is 5.00 Å². The Morgan fingerprint density at radius 3 is 2.78 bits per heavy atom. The minimum absolute atomic E-state index is 0.126. The zero-order valence-corrected chi connectivity index (χ0v) is 16.2. The molecule has 0 aliphatic heterocycles. The van der Waals surface area contributed by atoms with Crippen LogP contribution in [-0.4, -0.2) is 18.4 Å². The molecule has 2 aromatic rings. The fourth-order valence-corrected chi connectivity index (χ4v) is 5.58. The van der Waals surface area contributed by atoms with E-state index in [0.717, 1.165) is 50.5 Å². The summed E-state index contributed by atoms with van der Waals surface area (Å²) in [4.78, 5) is 25.7. The van der Waals surface area contributed by atoms with Crippen molar-refractivity contribution < 1.29 is 9.59 Å². The van der Waals surface area contributed by atoms with Crippen molar-refractivity contribution in [2.75, 3.05) is 11.9 Å². The Balaban J connectivity index is 1.44. The molecule has 0 saturated carbocycles. The number of anilines is 1. The van der Waals surface area contributed by atoms with Gasteiger partial charge in [-0.15, -0.1) is 11.3 Å². The molecule has 0 spiro atoms. The number of nitrogens with two attached hydrogens (primary N) is 1. The van der Waals surface area contributed by atoms with Gasteiger partial charge in [0.05, 0.1) is 12.1 Å². The van der Waals surface area contributed by atoms with Crippen molar-refractivity contribution >= 4 is 28.2 Å². The van der Waals surface area contributed by atoms with Gasteiger partial charge in [-0.3, -0.25) is 9.59 Å². The van der Waals surface area contributed by atoms with E-state index in [2.05, 4.69) is 28.8 Å². The highest BCUT2D eigenvalue weighted by Crippen LogP contribution is 2.38. The first-order valence-corrected chi connectivity index (χ1v) is 10.5. The maximum atomic E-state index is 12.5. The van der Waals surface area contributed by atoms with Crippen molar-refractivity contribution in [3.05, 3.63) is 51.4 Å². The molecule has 6 heteroatoms. The second-order valence-corrected chi connectivity index (χ2v) is 8.46. The fraction of sp³-hybridized carbons (Fsp3) is 0.429. The average molecular weight is 384 g/mol. The molecule has 2 amide bonds. The van der Waals surface area contributed by atoms with E-state index in [1.54, 1.807) is 0 Å². The molecule has 1 aromatic carbocycles. The number of nitrogens with one attached hydrogen (secondary N) is 2. The van der Waals surface area contributed by atoms with E-state index in [1.165, 1.54) is 27.3 Å². The lowest BCUT2D eigenvalue weighted by atomic mass is 9.88. The van der Waals surface area contributed by atoms with Gasteiger partial charge in [-0.1, -0.05) is 24.3 Å². The van der Waals surface area contributed by atoms with Gasteiger partial charge in [-0.25, -0.2) is 0 Å². The lowest BCUT2D eigenvalue weighted by molar-refractivity contribution is -0.115. The molecule has 5 nitrogen and oxygen atoms in total. The third-order valence-corrected chi connectivity index (χ3v) is 6.76. The predicted octanol–water partition coefficient (Wildman–Crippen LogP) is 3.33. The van der Waals surface area contributed by atoms with Crippen LogP contribution in [0.3, 0.4) is 0 Å². The monoisotopic (exact) mass is 383 g/mol. The highest BCUT2D eigenvalue weighted by Gasteiger charge is 2.25. The first kappa shape index (κ1) is 18.2. The average Bonchev–Trinajstić information content (AvgIpc) is 3.04. The van der Waals surface area contributed by atoms with Gasteiger partial charge in [0.15, 0.2) is 0 Å². The predicted molar refractivity (Wildman–Crippen MR) is 108 cm³/mol. The molecule has 4 N–H and O–H groups in total. The van der Waals surface area contributed by atoms with Crippen LogP contribution in [0.1, 0.15) is 63.7 Å². The van der Waals surface area contributed by atoms with Gasteiger partial charge in [-0.2, -0.15) is 0 Å². The van der Waals surface area contributed by atoms with Gasteiger partial charge < -0.3 is 16.4 Å². The molecule has 0 bridgehead atoms. The minimum atomic E-state index is -0.445. The topological polar surface area (TPSA) is 84.2 Å². The number of primary amides is 1. The second-order valence-electron chi connectivity index (χ2n) is 7.35. The van der Waals surface area contributed by atoms with Crippen LogP contribution in [-0.2, 0) is 24.1 Å². The summed E-state index contributed by atoms with van der Waals surface area (Å²) in [6.45, 7) is 0.222. The molecule has 0 fully saturated rings. The van der Waals surface area contributed by atoms with Crippen molar-refractivity contribution in [1.82, 2.24) is 5.32 Å². The highest BCUT2D eigenvalue weighted by atomic mass is 32.1. The first-order valence-electron chi connectivity index (χ1n) is 9.69. The number of benzene rings is 1. The van der Waals surface area contributed by atoms with Gasteiger partial charge >= 0.3 is 0 Å². The number of rotatable bonds is 5. The van der Waals surface area contributed by atoms with Crippen LogP contribution in [0.2, 0.25) is 0 Å². The Hall–Kier alpha value is -2.18. The summed E-state index contributed by atoms with van der Waals surface area (Å²) < 4.78 is 0. The normalized spacial score (nSPS) is 18.4. The standard InChI is InChI=1S/C21H25N3O2S/c22-20(26)19-15-9-3-4-11-17(15)27-21(19)24-18(25)12-23-16-10-5-7-13-6-1-2-8-14(13)16/h1-2,6,8,16,23H,3-5,7,9-12H2,(H2,22,26)(H,24,25). The van der Waals surface area contributed by atoms with E-state index in [0.29, 0.717) is 10.6 Å². The lowest BCUT2D eigenvalue weighted by Crippen LogP contribution is -2.33. The van der Waals surface area contributed by atoms with E-state index >= 15 is 0 Å². The minimum Gasteiger partial charge on any atom is -0.365 e. The van der Waals surface area contributed by atoms with Gasteiger partial charge in [0.2, 0.25) is 5.91 Å². The Labute approximate surface area is 163 Å². The molecule has 142 valence electrons. The highest BCUT2D eigenvalue weighted by molar-refractivity contribution is 7.17. The van der Waals surface area contributed by atoms with E-state index in [1.807, 2.05) is 6.07 Å². The molecule has 1 atom stereocenters. The molecule has 1 heterocycles. The molecule has 4 rings (SSSR count). The maximum absolute atomic E-state index is 12.5. The number of carbonyl (C=O) groups is 2. The van der Waals surface area contributed by atoms with Crippen molar-refractivity contribution in [1.29, 1.82) is 0 Å². The third-order valence-electron chi connectivity index (χ3n) is 5.55. The molecule has 27 heavy (non-hydrogen) atoms. The number of fused-ring (bicyclic) bond motifs is 2. The summed E-state index contributed by atoms with van der Waals surface area (Å²) in [6.07, 6.45) is 7.29. The summed E-state index contributed by atoms with van der Waals surface area (Å²) in [5.41, 5.74) is 9.82. The number of hydrogen-bond donors (Lipinski definition) is 3. The molecule has 0 radical (unpaired) electrons. The molecule has 1 aromatic heterocycles. The van der Waals surface area contributed by atoms with E-state index in [4.69, 9.17) is 5.73 Å². The lowest BCUT2D eigenvalue weighted by Gasteiger charge is -2.26. The van der Waals surface area contributed by atoms with Crippen molar-refractivity contribution in [2.45, 2.75) is 51.0 Å². The van der Waals surface area contributed by atoms with Crippen molar-refractivity contribution in [3.63, 3.8) is 0 Å². The van der Waals surface area contributed by atoms with Crippen LogP contribution in [0.4, 0.5) is 5.00 Å². The second kappa shape index (κ2) is 7.82.